The zero-order chi connectivity index (χ0) is 15.2. The van der Waals surface area contributed by atoms with E-state index in [0.29, 0.717) is 6.04 Å². The number of ether oxygens (including phenoxy) is 1. The normalized spacial score (nSPS) is 17.3. The first-order valence-electron chi connectivity index (χ1n) is 7.81. The summed E-state index contributed by atoms with van der Waals surface area (Å²) in [5.41, 5.74) is 0.808. The van der Waals surface area contributed by atoms with Crippen molar-refractivity contribution >= 4 is 16.9 Å². The van der Waals surface area contributed by atoms with Gasteiger partial charge in [0, 0.05) is 13.2 Å². The van der Waals surface area contributed by atoms with E-state index in [4.69, 9.17) is 4.74 Å². The number of anilines is 1. The summed E-state index contributed by atoms with van der Waals surface area (Å²) in [5, 5.41) is 7.96. The van der Waals surface area contributed by atoms with Crippen LogP contribution in [0.5, 0.6) is 0 Å². The van der Waals surface area contributed by atoms with Crippen LogP contribution in [0.1, 0.15) is 39.4 Å². The molecule has 0 amide bonds. The first-order valence-corrected chi connectivity index (χ1v) is 7.81. The summed E-state index contributed by atoms with van der Waals surface area (Å²) < 4.78 is 5.65. The third-order valence-corrected chi connectivity index (χ3v) is 3.48. The van der Waals surface area contributed by atoms with Gasteiger partial charge in [-0.3, -0.25) is 5.10 Å². The smallest absolute Gasteiger partial charge is 0.161 e. The molecule has 1 fully saturated rings. The lowest BCUT2D eigenvalue weighted by atomic mass is 10.0. The maximum atomic E-state index is 5.65. The topological polar surface area (TPSA) is 66.9 Å². The third kappa shape index (κ3) is 3.32. The van der Waals surface area contributed by atoms with E-state index in [0.717, 1.165) is 55.3 Å². The molecule has 0 radical (unpaired) electrons. The fourth-order valence-electron chi connectivity index (χ4n) is 2.40. The summed E-state index contributed by atoms with van der Waals surface area (Å²) in [6.07, 6.45) is 4.02. The number of rotatable bonds is 5. The van der Waals surface area contributed by atoms with Gasteiger partial charge in [0.2, 0.25) is 0 Å². The molecule has 1 N–H and O–H groups in total. The molecule has 0 spiro atoms. The van der Waals surface area contributed by atoms with E-state index in [1.54, 1.807) is 6.20 Å². The number of aromatic amines is 1. The second-order valence-corrected chi connectivity index (χ2v) is 4.94. The van der Waals surface area contributed by atoms with E-state index in [-0.39, 0.29) is 0 Å². The lowest BCUT2D eigenvalue weighted by Gasteiger charge is -2.42. The number of hydrogen-bond acceptors (Lipinski definition) is 5. The van der Waals surface area contributed by atoms with Gasteiger partial charge in [-0.1, -0.05) is 20.8 Å². The first kappa shape index (κ1) is 15.7. The zero-order valence-corrected chi connectivity index (χ0v) is 13.4. The SMILES string of the molecule is CC.CCCOCC1CCN1c1nc(C)nc2[nH]ncc12. The molecule has 0 aliphatic carbocycles. The maximum Gasteiger partial charge on any atom is 0.161 e. The molecule has 3 heterocycles. The average Bonchev–Trinajstić information content (AvgIpc) is 2.92. The Morgan fingerprint density at radius 2 is 2.19 bits per heavy atom. The first-order chi connectivity index (χ1) is 10.3. The van der Waals surface area contributed by atoms with E-state index in [2.05, 4.69) is 32.0 Å². The van der Waals surface area contributed by atoms with Crippen LogP contribution >= 0.6 is 0 Å². The van der Waals surface area contributed by atoms with Crippen LogP contribution < -0.4 is 4.90 Å². The van der Waals surface area contributed by atoms with E-state index >= 15 is 0 Å². The van der Waals surface area contributed by atoms with Crippen molar-refractivity contribution in [1.29, 1.82) is 0 Å². The van der Waals surface area contributed by atoms with Gasteiger partial charge in [-0.05, 0) is 19.8 Å². The largest absolute Gasteiger partial charge is 0.379 e. The molecular formula is C15H25N5O. The Morgan fingerprint density at radius 3 is 2.86 bits per heavy atom. The summed E-state index contributed by atoms with van der Waals surface area (Å²) in [4.78, 5) is 11.2. The highest BCUT2D eigenvalue weighted by Crippen LogP contribution is 2.30. The van der Waals surface area contributed by atoms with Crippen LogP contribution in [0.4, 0.5) is 5.82 Å². The summed E-state index contributed by atoms with van der Waals surface area (Å²) in [7, 11) is 0. The summed E-state index contributed by atoms with van der Waals surface area (Å²) in [6.45, 7) is 10.7. The summed E-state index contributed by atoms with van der Waals surface area (Å²) in [5.74, 6) is 1.75. The minimum Gasteiger partial charge on any atom is -0.379 e. The zero-order valence-electron chi connectivity index (χ0n) is 13.4. The highest BCUT2D eigenvalue weighted by atomic mass is 16.5. The van der Waals surface area contributed by atoms with Gasteiger partial charge in [-0.25, -0.2) is 9.97 Å². The number of aromatic nitrogens is 4. The Labute approximate surface area is 125 Å². The minimum absolute atomic E-state index is 0.430. The number of nitrogens with one attached hydrogen (secondary N) is 1. The maximum absolute atomic E-state index is 5.65. The molecule has 2 aromatic rings. The molecule has 1 saturated heterocycles. The van der Waals surface area contributed by atoms with E-state index in [1.807, 2.05) is 20.8 Å². The van der Waals surface area contributed by atoms with Gasteiger partial charge >= 0.3 is 0 Å². The van der Waals surface area contributed by atoms with Crippen LogP contribution in [0.3, 0.4) is 0 Å². The molecule has 1 aliphatic rings. The fourth-order valence-corrected chi connectivity index (χ4v) is 2.40. The Bertz CT molecular complexity index is 568. The van der Waals surface area contributed by atoms with Crippen LogP contribution in [-0.4, -0.2) is 46.0 Å². The predicted octanol–water partition coefficient (Wildman–Crippen LogP) is 2.69. The Balaban J connectivity index is 0.000000774. The Kier molecular flexibility index (Phi) is 5.50. The predicted molar refractivity (Wildman–Crippen MR) is 84.6 cm³/mol. The van der Waals surface area contributed by atoms with Gasteiger partial charge in [-0.15, -0.1) is 0 Å². The number of fused-ring (bicyclic) bond motifs is 1. The molecule has 0 saturated carbocycles. The molecule has 116 valence electrons. The van der Waals surface area contributed by atoms with Crippen molar-refractivity contribution in [2.24, 2.45) is 0 Å². The molecular weight excluding hydrogens is 266 g/mol. The molecule has 3 rings (SSSR count). The number of H-pyrrole nitrogens is 1. The molecule has 0 aromatic carbocycles. The molecule has 21 heavy (non-hydrogen) atoms. The van der Waals surface area contributed by atoms with Crippen LogP contribution in [0.15, 0.2) is 6.20 Å². The monoisotopic (exact) mass is 291 g/mol. The molecule has 6 nitrogen and oxygen atoms in total. The molecule has 0 bridgehead atoms. The van der Waals surface area contributed by atoms with Gasteiger partial charge in [-0.2, -0.15) is 5.10 Å². The van der Waals surface area contributed by atoms with Gasteiger partial charge < -0.3 is 9.64 Å². The molecule has 1 aliphatic heterocycles. The molecule has 6 heteroatoms. The molecule has 1 atom stereocenters. The van der Waals surface area contributed by atoms with Crippen molar-refractivity contribution < 1.29 is 4.74 Å². The van der Waals surface area contributed by atoms with Crippen molar-refractivity contribution in [3.8, 4) is 0 Å². The van der Waals surface area contributed by atoms with Crippen LogP contribution in [0, 0.1) is 6.92 Å². The number of hydrogen-bond donors (Lipinski definition) is 1. The van der Waals surface area contributed by atoms with Crippen LogP contribution in [-0.2, 0) is 4.74 Å². The van der Waals surface area contributed by atoms with Crippen molar-refractivity contribution in [1.82, 2.24) is 20.2 Å². The number of aryl methyl sites for hydroxylation is 1. The highest BCUT2D eigenvalue weighted by Gasteiger charge is 2.31. The molecule has 2 aromatic heterocycles. The average molecular weight is 291 g/mol. The summed E-state index contributed by atoms with van der Waals surface area (Å²) in [6, 6.07) is 0.430. The fraction of sp³-hybridized carbons (Fsp3) is 0.667. The minimum atomic E-state index is 0.430. The molecule has 1 unspecified atom stereocenters. The van der Waals surface area contributed by atoms with Gasteiger partial charge in [0.15, 0.2) is 5.65 Å². The summed E-state index contributed by atoms with van der Waals surface area (Å²) >= 11 is 0. The second kappa shape index (κ2) is 7.36. The lowest BCUT2D eigenvalue weighted by molar-refractivity contribution is 0.105. The Morgan fingerprint density at radius 1 is 1.38 bits per heavy atom. The van der Waals surface area contributed by atoms with Crippen molar-refractivity contribution in [3.05, 3.63) is 12.0 Å². The van der Waals surface area contributed by atoms with E-state index in [1.165, 1.54) is 0 Å². The van der Waals surface area contributed by atoms with E-state index in [9.17, 15) is 0 Å². The van der Waals surface area contributed by atoms with Crippen LogP contribution in [0.25, 0.3) is 11.0 Å². The van der Waals surface area contributed by atoms with Gasteiger partial charge in [0.25, 0.3) is 0 Å². The van der Waals surface area contributed by atoms with Crippen LogP contribution in [0.2, 0.25) is 0 Å². The van der Waals surface area contributed by atoms with Gasteiger partial charge in [0.1, 0.15) is 11.6 Å². The number of nitrogens with zero attached hydrogens (tertiary/aromatic N) is 4. The lowest BCUT2D eigenvalue weighted by Crippen LogP contribution is -2.51. The van der Waals surface area contributed by atoms with Crippen molar-refractivity contribution in [2.45, 2.75) is 46.6 Å². The van der Waals surface area contributed by atoms with Gasteiger partial charge in [0.05, 0.1) is 24.2 Å². The third-order valence-electron chi connectivity index (χ3n) is 3.48. The second-order valence-electron chi connectivity index (χ2n) is 4.94. The Hall–Kier alpha value is -1.69. The van der Waals surface area contributed by atoms with E-state index < -0.39 is 0 Å². The quantitative estimate of drug-likeness (QED) is 0.858. The highest BCUT2D eigenvalue weighted by molar-refractivity contribution is 5.87. The van der Waals surface area contributed by atoms with Crippen molar-refractivity contribution in [3.63, 3.8) is 0 Å². The van der Waals surface area contributed by atoms with Crippen molar-refractivity contribution in [2.75, 3.05) is 24.7 Å². The standard InChI is InChI=1S/C13H19N5O.C2H6/c1-3-6-19-8-10-4-5-18(10)13-11-7-14-17-12(11)15-9(2)16-13;1-2/h7,10H,3-6,8H2,1-2H3,(H,14,15,16,17);1-2H3.